The molecule has 0 amide bonds. The van der Waals surface area contributed by atoms with Crippen LogP contribution < -0.4 is 5.32 Å². The highest BCUT2D eigenvalue weighted by Gasteiger charge is 2.44. The first kappa shape index (κ1) is 17.4. The molecule has 1 saturated carbocycles. The number of para-hydroxylation sites is 1. The number of hydrogen-bond donors (Lipinski definition) is 1. The summed E-state index contributed by atoms with van der Waals surface area (Å²) < 4.78 is 12.5. The minimum absolute atomic E-state index is 0.0223. The van der Waals surface area contributed by atoms with E-state index in [1.807, 2.05) is 0 Å². The van der Waals surface area contributed by atoms with Gasteiger partial charge >= 0.3 is 0 Å². The molecule has 1 aromatic rings. The van der Waals surface area contributed by atoms with E-state index < -0.39 is 0 Å². The topological polar surface area (TPSA) is 30.5 Å². The number of nitrogens with one attached hydrogen (secondary N) is 1. The first-order valence-corrected chi connectivity index (χ1v) is 10.5. The molecule has 0 radical (unpaired) electrons. The van der Waals surface area contributed by atoms with E-state index in [0.29, 0.717) is 12.0 Å². The molecule has 0 bridgehead atoms. The van der Waals surface area contributed by atoms with Crippen molar-refractivity contribution >= 4 is 5.69 Å². The molecule has 1 aliphatic carbocycles. The zero-order chi connectivity index (χ0) is 17.1. The van der Waals surface area contributed by atoms with Gasteiger partial charge in [-0.2, -0.15) is 0 Å². The molecule has 2 aliphatic heterocycles. The second-order valence-electron chi connectivity index (χ2n) is 8.11. The Bertz CT molecular complexity index is 555. The molecule has 4 atom stereocenters. The maximum atomic E-state index is 6.52. The fraction of sp³-hybridized carbons (Fsp3) is 0.727. The molecular formula is C22H33NO2. The molecule has 2 fully saturated rings. The maximum absolute atomic E-state index is 6.52. The number of unbranched alkanes of at least 4 members (excludes halogenated alkanes) is 1. The van der Waals surface area contributed by atoms with Crippen LogP contribution in [0.2, 0.25) is 0 Å². The molecule has 4 unspecified atom stereocenters. The van der Waals surface area contributed by atoms with Gasteiger partial charge in [0.05, 0.1) is 6.10 Å². The summed E-state index contributed by atoms with van der Waals surface area (Å²) in [6, 6.07) is 9.32. The van der Waals surface area contributed by atoms with Crippen LogP contribution in [0.25, 0.3) is 0 Å². The Morgan fingerprint density at radius 3 is 2.76 bits per heavy atom. The zero-order valence-electron chi connectivity index (χ0n) is 15.6. The smallest absolute Gasteiger partial charge is 0.158 e. The standard InChI is InChI=1S/C22H33NO2/c1-2-3-15-24-20-14-13-18-21(16-9-5-4-6-10-16)23-19-12-8-7-11-17(19)22(18)25-20/h7-8,11-12,16,18,20-23H,2-6,9-10,13-15H2,1H3. The summed E-state index contributed by atoms with van der Waals surface area (Å²) in [6.07, 6.45) is 11.7. The molecule has 25 heavy (non-hydrogen) atoms. The summed E-state index contributed by atoms with van der Waals surface area (Å²) in [6.45, 7) is 3.03. The van der Waals surface area contributed by atoms with Crippen molar-refractivity contribution in [1.29, 1.82) is 0 Å². The van der Waals surface area contributed by atoms with E-state index in [9.17, 15) is 0 Å². The van der Waals surface area contributed by atoms with Crippen LogP contribution in [-0.4, -0.2) is 18.9 Å². The van der Waals surface area contributed by atoms with Gasteiger partial charge in [0.25, 0.3) is 0 Å². The summed E-state index contributed by atoms with van der Waals surface area (Å²) in [5.41, 5.74) is 2.62. The molecule has 2 heterocycles. The van der Waals surface area contributed by atoms with E-state index in [0.717, 1.165) is 25.4 Å². The van der Waals surface area contributed by atoms with Crippen molar-refractivity contribution in [3.8, 4) is 0 Å². The first-order chi connectivity index (χ1) is 12.4. The highest BCUT2D eigenvalue weighted by Crippen LogP contribution is 2.48. The molecule has 0 aromatic heterocycles. The predicted octanol–water partition coefficient (Wildman–Crippen LogP) is 5.67. The van der Waals surface area contributed by atoms with Gasteiger partial charge in [-0.05, 0) is 44.1 Å². The third kappa shape index (κ3) is 3.73. The molecule has 3 nitrogen and oxygen atoms in total. The van der Waals surface area contributed by atoms with Crippen molar-refractivity contribution < 1.29 is 9.47 Å². The minimum Gasteiger partial charge on any atom is -0.381 e. The number of ether oxygens (including phenoxy) is 2. The molecule has 0 spiro atoms. The normalized spacial score (nSPS) is 32.5. The van der Waals surface area contributed by atoms with Gasteiger partial charge in [-0.25, -0.2) is 0 Å². The Morgan fingerprint density at radius 1 is 1.08 bits per heavy atom. The van der Waals surface area contributed by atoms with Gasteiger partial charge in [-0.15, -0.1) is 0 Å². The lowest BCUT2D eigenvalue weighted by Crippen LogP contribution is -2.47. The Kier molecular flexibility index (Phi) is 5.62. The van der Waals surface area contributed by atoms with Gasteiger partial charge < -0.3 is 14.8 Å². The molecule has 3 aliphatic rings. The van der Waals surface area contributed by atoms with Gasteiger partial charge in [-0.3, -0.25) is 0 Å². The SMILES string of the molecule is CCCCOC1CCC2C(O1)c1ccccc1NC2C1CCCCC1. The van der Waals surface area contributed by atoms with Gasteiger partial charge in [0, 0.05) is 29.8 Å². The van der Waals surface area contributed by atoms with Gasteiger partial charge in [0.2, 0.25) is 0 Å². The fourth-order valence-electron chi connectivity index (χ4n) is 5.09. The lowest BCUT2D eigenvalue weighted by molar-refractivity contribution is -0.217. The highest BCUT2D eigenvalue weighted by atomic mass is 16.7. The molecular weight excluding hydrogens is 310 g/mol. The van der Waals surface area contributed by atoms with Crippen LogP contribution in [0, 0.1) is 11.8 Å². The van der Waals surface area contributed by atoms with Crippen LogP contribution in [0.5, 0.6) is 0 Å². The zero-order valence-corrected chi connectivity index (χ0v) is 15.6. The molecule has 1 saturated heterocycles. The van der Waals surface area contributed by atoms with E-state index >= 15 is 0 Å². The van der Waals surface area contributed by atoms with E-state index in [1.165, 1.54) is 56.2 Å². The second-order valence-corrected chi connectivity index (χ2v) is 8.11. The summed E-state index contributed by atoms with van der Waals surface area (Å²) in [5.74, 6) is 1.39. The van der Waals surface area contributed by atoms with Crippen molar-refractivity contribution in [1.82, 2.24) is 0 Å². The van der Waals surface area contributed by atoms with Crippen LogP contribution in [0.1, 0.15) is 76.4 Å². The fourth-order valence-corrected chi connectivity index (χ4v) is 5.09. The lowest BCUT2D eigenvalue weighted by Gasteiger charge is -2.48. The van der Waals surface area contributed by atoms with Crippen molar-refractivity contribution in [2.45, 2.75) is 83.1 Å². The van der Waals surface area contributed by atoms with E-state index in [2.05, 4.69) is 36.5 Å². The largest absolute Gasteiger partial charge is 0.381 e. The minimum atomic E-state index is -0.0223. The Hall–Kier alpha value is -1.06. The summed E-state index contributed by atoms with van der Waals surface area (Å²) in [5, 5.41) is 3.91. The van der Waals surface area contributed by atoms with Crippen molar-refractivity contribution in [3.63, 3.8) is 0 Å². The molecule has 3 heteroatoms. The van der Waals surface area contributed by atoms with Gasteiger partial charge in [0.15, 0.2) is 6.29 Å². The number of anilines is 1. The van der Waals surface area contributed by atoms with E-state index in [4.69, 9.17) is 9.47 Å². The van der Waals surface area contributed by atoms with Crippen LogP contribution in [-0.2, 0) is 9.47 Å². The summed E-state index contributed by atoms with van der Waals surface area (Å²) >= 11 is 0. The van der Waals surface area contributed by atoms with Crippen LogP contribution in [0.15, 0.2) is 24.3 Å². The lowest BCUT2D eigenvalue weighted by atomic mass is 9.71. The van der Waals surface area contributed by atoms with Crippen LogP contribution >= 0.6 is 0 Å². The van der Waals surface area contributed by atoms with Gasteiger partial charge in [0.1, 0.15) is 0 Å². The molecule has 138 valence electrons. The first-order valence-electron chi connectivity index (χ1n) is 10.5. The predicted molar refractivity (Wildman–Crippen MR) is 102 cm³/mol. The molecule has 1 aromatic carbocycles. The van der Waals surface area contributed by atoms with Crippen LogP contribution in [0.3, 0.4) is 0 Å². The van der Waals surface area contributed by atoms with Crippen molar-refractivity contribution in [2.24, 2.45) is 11.8 Å². The third-order valence-corrected chi connectivity index (χ3v) is 6.43. The van der Waals surface area contributed by atoms with Gasteiger partial charge in [-0.1, -0.05) is 50.8 Å². The highest BCUT2D eigenvalue weighted by molar-refractivity contribution is 5.56. The Balaban J connectivity index is 1.53. The maximum Gasteiger partial charge on any atom is 0.158 e. The average molecular weight is 344 g/mol. The quantitative estimate of drug-likeness (QED) is 0.699. The Labute approximate surface area is 152 Å². The van der Waals surface area contributed by atoms with Crippen molar-refractivity contribution in [2.75, 3.05) is 11.9 Å². The number of benzene rings is 1. The number of fused-ring (bicyclic) bond motifs is 3. The molecule has 4 rings (SSSR count). The molecule has 1 N–H and O–H groups in total. The number of hydrogen-bond acceptors (Lipinski definition) is 3. The van der Waals surface area contributed by atoms with E-state index in [-0.39, 0.29) is 12.4 Å². The second kappa shape index (κ2) is 8.09. The Morgan fingerprint density at radius 2 is 1.92 bits per heavy atom. The van der Waals surface area contributed by atoms with E-state index in [1.54, 1.807) is 0 Å². The third-order valence-electron chi connectivity index (χ3n) is 6.43. The summed E-state index contributed by atoms with van der Waals surface area (Å²) in [4.78, 5) is 0. The van der Waals surface area contributed by atoms with Crippen LogP contribution in [0.4, 0.5) is 5.69 Å². The summed E-state index contributed by atoms with van der Waals surface area (Å²) in [7, 11) is 0. The van der Waals surface area contributed by atoms with Crippen molar-refractivity contribution in [3.05, 3.63) is 29.8 Å². The monoisotopic (exact) mass is 343 g/mol. The number of rotatable bonds is 5. The average Bonchev–Trinajstić information content (AvgIpc) is 2.68.